The van der Waals surface area contributed by atoms with Crippen LogP contribution in [0.4, 0.5) is 0 Å². The number of carboxylic acids is 1. The molecule has 0 radical (unpaired) electrons. The summed E-state index contributed by atoms with van der Waals surface area (Å²) in [6.45, 7) is 6.16. The first-order valence-electron chi connectivity index (χ1n) is 5.99. The standard InChI is InChI=1S/C12H23NO5/c1-9(8-12(2,3)11(15)16)10(14)18-7-6-17-5-4-13/h9H,4-8,13H2,1-3H3,(H,15,16). The average Bonchev–Trinajstić information content (AvgIpc) is 2.27. The molecule has 0 rings (SSSR count). The molecule has 0 aromatic carbocycles. The average molecular weight is 261 g/mol. The minimum absolute atomic E-state index is 0.163. The molecule has 3 N–H and O–H groups in total. The third-order valence-corrected chi connectivity index (χ3v) is 2.53. The van der Waals surface area contributed by atoms with E-state index in [1.54, 1.807) is 20.8 Å². The summed E-state index contributed by atoms with van der Waals surface area (Å²) < 4.78 is 10.0. The second-order valence-corrected chi connectivity index (χ2v) is 4.86. The minimum Gasteiger partial charge on any atom is -0.481 e. The summed E-state index contributed by atoms with van der Waals surface area (Å²) in [5.41, 5.74) is 4.29. The Kier molecular flexibility index (Phi) is 7.54. The molecule has 0 spiro atoms. The largest absolute Gasteiger partial charge is 0.481 e. The summed E-state index contributed by atoms with van der Waals surface area (Å²) in [7, 11) is 0. The smallest absolute Gasteiger partial charge is 0.309 e. The van der Waals surface area contributed by atoms with Crippen LogP contribution in [-0.2, 0) is 19.1 Å². The Hall–Kier alpha value is -1.14. The Balaban J connectivity index is 3.93. The maximum atomic E-state index is 11.6. The van der Waals surface area contributed by atoms with E-state index in [4.69, 9.17) is 20.3 Å². The molecule has 0 amide bonds. The van der Waals surface area contributed by atoms with Gasteiger partial charge in [-0.1, -0.05) is 6.92 Å². The van der Waals surface area contributed by atoms with Crippen LogP contribution in [-0.4, -0.2) is 43.4 Å². The monoisotopic (exact) mass is 261 g/mol. The van der Waals surface area contributed by atoms with Gasteiger partial charge in [-0.3, -0.25) is 9.59 Å². The van der Waals surface area contributed by atoms with Crippen molar-refractivity contribution >= 4 is 11.9 Å². The predicted molar refractivity (Wildman–Crippen MR) is 66.0 cm³/mol. The van der Waals surface area contributed by atoms with E-state index in [2.05, 4.69) is 0 Å². The molecule has 106 valence electrons. The SMILES string of the molecule is CC(CC(C)(C)C(=O)O)C(=O)OCCOCCN. The summed E-state index contributed by atoms with van der Waals surface area (Å²) in [4.78, 5) is 22.5. The van der Waals surface area contributed by atoms with Crippen LogP contribution in [0.1, 0.15) is 27.2 Å². The Morgan fingerprint density at radius 1 is 1.28 bits per heavy atom. The molecule has 18 heavy (non-hydrogen) atoms. The third-order valence-electron chi connectivity index (χ3n) is 2.53. The highest BCUT2D eigenvalue weighted by Crippen LogP contribution is 2.26. The first-order valence-corrected chi connectivity index (χ1v) is 5.99. The molecule has 6 heteroatoms. The molecule has 0 bridgehead atoms. The Morgan fingerprint density at radius 3 is 2.39 bits per heavy atom. The topological polar surface area (TPSA) is 98.8 Å². The molecule has 0 heterocycles. The van der Waals surface area contributed by atoms with E-state index in [0.29, 0.717) is 19.8 Å². The number of carbonyl (C=O) groups excluding carboxylic acids is 1. The fourth-order valence-corrected chi connectivity index (χ4v) is 1.46. The van der Waals surface area contributed by atoms with Crippen molar-refractivity contribution in [3.05, 3.63) is 0 Å². The van der Waals surface area contributed by atoms with Crippen molar-refractivity contribution in [1.29, 1.82) is 0 Å². The lowest BCUT2D eigenvalue weighted by Crippen LogP contribution is -2.29. The molecule has 0 aliphatic rings. The highest BCUT2D eigenvalue weighted by molar-refractivity contribution is 5.76. The van der Waals surface area contributed by atoms with Crippen LogP contribution in [0.5, 0.6) is 0 Å². The van der Waals surface area contributed by atoms with Crippen LogP contribution < -0.4 is 5.73 Å². The molecule has 0 aliphatic heterocycles. The summed E-state index contributed by atoms with van der Waals surface area (Å²) >= 11 is 0. The quantitative estimate of drug-likeness (QED) is 0.467. The van der Waals surface area contributed by atoms with Gasteiger partial charge in [0, 0.05) is 6.54 Å². The fourth-order valence-electron chi connectivity index (χ4n) is 1.46. The molecule has 1 unspecified atom stereocenters. The van der Waals surface area contributed by atoms with Gasteiger partial charge in [0.15, 0.2) is 0 Å². The second-order valence-electron chi connectivity index (χ2n) is 4.86. The lowest BCUT2D eigenvalue weighted by Gasteiger charge is -2.22. The molecule has 0 saturated heterocycles. The van der Waals surface area contributed by atoms with Crippen molar-refractivity contribution < 1.29 is 24.2 Å². The lowest BCUT2D eigenvalue weighted by molar-refractivity contribution is -0.153. The summed E-state index contributed by atoms with van der Waals surface area (Å²) in [5, 5.41) is 8.96. The van der Waals surface area contributed by atoms with Gasteiger partial charge >= 0.3 is 11.9 Å². The van der Waals surface area contributed by atoms with Crippen LogP contribution in [0.15, 0.2) is 0 Å². The molecule has 0 aliphatic carbocycles. The molecule has 6 nitrogen and oxygen atoms in total. The summed E-state index contributed by atoms with van der Waals surface area (Å²) in [6, 6.07) is 0. The number of carboxylic acid groups (broad SMARTS) is 1. The van der Waals surface area contributed by atoms with Crippen molar-refractivity contribution in [1.82, 2.24) is 0 Å². The van der Waals surface area contributed by atoms with Gasteiger partial charge in [0.25, 0.3) is 0 Å². The number of esters is 1. The van der Waals surface area contributed by atoms with Crippen molar-refractivity contribution in [3.8, 4) is 0 Å². The zero-order chi connectivity index (χ0) is 14.2. The van der Waals surface area contributed by atoms with Crippen molar-refractivity contribution in [3.63, 3.8) is 0 Å². The number of rotatable bonds is 9. The van der Waals surface area contributed by atoms with E-state index in [1.807, 2.05) is 0 Å². The number of ether oxygens (including phenoxy) is 2. The summed E-state index contributed by atoms with van der Waals surface area (Å²) in [6.07, 6.45) is 0.241. The van der Waals surface area contributed by atoms with Gasteiger partial charge in [-0.05, 0) is 20.3 Å². The third kappa shape index (κ3) is 6.56. The molecule has 0 saturated carbocycles. The normalized spacial score (nSPS) is 13.1. The van der Waals surface area contributed by atoms with Gasteiger partial charge in [-0.25, -0.2) is 0 Å². The van der Waals surface area contributed by atoms with E-state index < -0.39 is 23.3 Å². The van der Waals surface area contributed by atoms with E-state index >= 15 is 0 Å². The van der Waals surface area contributed by atoms with Crippen molar-refractivity contribution in [2.24, 2.45) is 17.1 Å². The lowest BCUT2D eigenvalue weighted by atomic mass is 9.83. The van der Waals surface area contributed by atoms with Gasteiger partial charge in [-0.15, -0.1) is 0 Å². The molecular formula is C12H23NO5. The van der Waals surface area contributed by atoms with E-state index in [0.717, 1.165) is 0 Å². The first kappa shape index (κ1) is 16.9. The Bertz CT molecular complexity index is 278. The Labute approximate surface area is 107 Å². The van der Waals surface area contributed by atoms with Crippen molar-refractivity contribution in [2.45, 2.75) is 27.2 Å². The van der Waals surface area contributed by atoms with Crippen molar-refractivity contribution in [2.75, 3.05) is 26.4 Å². The molecule has 0 fully saturated rings. The van der Waals surface area contributed by atoms with Gasteiger partial charge in [0.1, 0.15) is 6.61 Å². The maximum absolute atomic E-state index is 11.6. The second kappa shape index (κ2) is 8.05. The van der Waals surface area contributed by atoms with Crippen LogP contribution in [0.25, 0.3) is 0 Å². The van der Waals surface area contributed by atoms with E-state index in [9.17, 15) is 9.59 Å². The molecule has 0 aromatic heterocycles. The minimum atomic E-state index is -0.936. The number of hydrogen-bond acceptors (Lipinski definition) is 5. The van der Waals surface area contributed by atoms with Gasteiger partial charge < -0.3 is 20.3 Å². The molecule has 1 atom stereocenters. The number of hydrogen-bond donors (Lipinski definition) is 2. The number of carbonyl (C=O) groups is 2. The summed E-state index contributed by atoms with van der Waals surface area (Å²) in [5.74, 6) is -1.78. The van der Waals surface area contributed by atoms with Gasteiger partial charge in [0.05, 0.1) is 24.5 Å². The van der Waals surface area contributed by atoms with Crippen LogP contribution in [0.2, 0.25) is 0 Å². The highest BCUT2D eigenvalue weighted by atomic mass is 16.6. The van der Waals surface area contributed by atoms with Crippen LogP contribution in [0, 0.1) is 11.3 Å². The Morgan fingerprint density at radius 2 is 1.89 bits per heavy atom. The number of aliphatic carboxylic acids is 1. The molecule has 0 aromatic rings. The molecular weight excluding hydrogens is 238 g/mol. The maximum Gasteiger partial charge on any atom is 0.309 e. The fraction of sp³-hybridized carbons (Fsp3) is 0.833. The highest BCUT2D eigenvalue weighted by Gasteiger charge is 2.32. The van der Waals surface area contributed by atoms with E-state index in [1.165, 1.54) is 0 Å². The van der Waals surface area contributed by atoms with Crippen LogP contribution in [0.3, 0.4) is 0 Å². The zero-order valence-corrected chi connectivity index (χ0v) is 11.3. The van der Waals surface area contributed by atoms with Gasteiger partial charge in [0.2, 0.25) is 0 Å². The zero-order valence-electron chi connectivity index (χ0n) is 11.3. The van der Waals surface area contributed by atoms with E-state index in [-0.39, 0.29) is 13.0 Å². The number of nitrogens with two attached hydrogens (primary N) is 1. The van der Waals surface area contributed by atoms with Gasteiger partial charge in [-0.2, -0.15) is 0 Å². The van der Waals surface area contributed by atoms with Crippen LogP contribution >= 0.6 is 0 Å². The first-order chi connectivity index (χ1) is 8.31. The predicted octanol–water partition coefficient (Wildman–Crippen LogP) is 0.642.